The fourth-order valence-electron chi connectivity index (χ4n) is 2.91. The second kappa shape index (κ2) is 11.1. The molecule has 0 saturated heterocycles. The van der Waals surface area contributed by atoms with Crippen LogP contribution in [0, 0.1) is 3.57 Å². The van der Waals surface area contributed by atoms with E-state index in [1.165, 1.54) is 11.3 Å². The van der Waals surface area contributed by atoms with E-state index in [1.54, 1.807) is 4.90 Å². The van der Waals surface area contributed by atoms with E-state index in [4.69, 9.17) is 9.72 Å². The van der Waals surface area contributed by atoms with Gasteiger partial charge in [-0.05, 0) is 80.8 Å². The number of rotatable bonds is 8. The highest BCUT2D eigenvalue weighted by Gasteiger charge is 2.23. The van der Waals surface area contributed by atoms with E-state index in [9.17, 15) is 4.79 Å². The van der Waals surface area contributed by atoms with Crippen molar-refractivity contribution in [1.82, 2.24) is 9.88 Å². The summed E-state index contributed by atoms with van der Waals surface area (Å²) in [5.74, 6) is 0.748. The van der Waals surface area contributed by atoms with Gasteiger partial charge in [0.2, 0.25) is 0 Å². The molecular formula is C21H25ClIN3O2S. The fraction of sp³-hybridized carbons (Fsp3) is 0.333. The lowest BCUT2D eigenvalue weighted by molar-refractivity contribution is 0.0985. The number of anilines is 1. The van der Waals surface area contributed by atoms with Gasteiger partial charge in [-0.1, -0.05) is 29.5 Å². The molecule has 8 heteroatoms. The maximum Gasteiger partial charge on any atom is 0.261 e. The van der Waals surface area contributed by atoms with Crippen molar-refractivity contribution in [3.05, 3.63) is 51.6 Å². The summed E-state index contributed by atoms with van der Waals surface area (Å²) in [6.07, 6.45) is 0.871. The van der Waals surface area contributed by atoms with Crippen LogP contribution < -0.4 is 9.64 Å². The Bertz CT molecular complexity index is 964. The standard InChI is InChI=1S/C21H24IN3O2S.ClH/c1-4-27-17-11-7-12-18-19(17)23-21(28-18)25(14-8-13-24(2)3)20(26)15-9-5-6-10-16(15)22;/h5-7,9-12H,4,8,13-14H2,1-3H3;1H. The second-order valence-corrected chi connectivity index (χ2v) is 8.80. The number of amides is 1. The number of benzene rings is 2. The molecule has 0 atom stereocenters. The monoisotopic (exact) mass is 545 g/mol. The van der Waals surface area contributed by atoms with Gasteiger partial charge in [-0.15, -0.1) is 12.4 Å². The number of hydrogen-bond donors (Lipinski definition) is 0. The molecule has 5 nitrogen and oxygen atoms in total. The Labute approximate surface area is 195 Å². The Morgan fingerprint density at radius 1 is 1.14 bits per heavy atom. The van der Waals surface area contributed by atoms with Crippen molar-refractivity contribution >= 4 is 67.6 Å². The Kier molecular flexibility index (Phi) is 9.13. The van der Waals surface area contributed by atoms with Crippen LogP contribution in [0.5, 0.6) is 5.75 Å². The number of aromatic nitrogens is 1. The molecule has 0 radical (unpaired) electrons. The Balaban J connectivity index is 0.00000300. The van der Waals surface area contributed by atoms with E-state index in [-0.39, 0.29) is 18.3 Å². The summed E-state index contributed by atoms with van der Waals surface area (Å²) in [5.41, 5.74) is 1.52. The molecule has 0 N–H and O–H groups in total. The molecule has 0 aliphatic rings. The summed E-state index contributed by atoms with van der Waals surface area (Å²) in [6.45, 7) is 4.07. The Hall–Kier alpha value is -1.42. The van der Waals surface area contributed by atoms with E-state index in [0.29, 0.717) is 23.8 Å². The van der Waals surface area contributed by atoms with Gasteiger partial charge < -0.3 is 9.64 Å². The number of fused-ring (bicyclic) bond motifs is 1. The molecule has 0 aliphatic heterocycles. The highest BCUT2D eigenvalue weighted by Crippen LogP contribution is 2.35. The lowest BCUT2D eigenvalue weighted by atomic mass is 10.2. The van der Waals surface area contributed by atoms with Crippen LogP contribution in [0.3, 0.4) is 0 Å². The normalized spacial score (nSPS) is 10.8. The first-order valence-electron chi connectivity index (χ1n) is 9.24. The molecule has 3 aromatic rings. The number of ether oxygens (including phenoxy) is 1. The average Bonchev–Trinajstić information content (AvgIpc) is 3.10. The van der Waals surface area contributed by atoms with Gasteiger partial charge >= 0.3 is 0 Å². The zero-order valence-corrected chi connectivity index (χ0v) is 20.5. The number of para-hydroxylation sites is 1. The molecule has 29 heavy (non-hydrogen) atoms. The number of hydrogen-bond acceptors (Lipinski definition) is 5. The van der Waals surface area contributed by atoms with Crippen LogP contribution in [0.2, 0.25) is 0 Å². The van der Waals surface area contributed by atoms with Crippen LogP contribution in [-0.4, -0.2) is 49.6 Å². The van der Waals surface area contributed by atoms with Gasteiger partial charge in [-0.25, -0.2) is 4.98 Å². The molecule has 1 aromatic heterocycles. The molecule has 1 amide bonds. The van der Waals surface area contributed by atoms with Gasteiger partial charge in [0, 0.05) is 10.1 Å². The highest BCUT2D eigenvalue weighted by atomic mass is 127. The summed E-state index contributed by atoms with van der Waals surface area (Å²) in [7, 11) is 4.08. The molecule has 1 heterocycles. The highest BCUT2D eigenvalue weighted by molar-refractivity contribution is 14.1. The minimum atomic E-state index is -0.0132. The first-order chi connectivity index (χ1) is 13.5. The lowest BCUT2D eigenvalue weighted by Gasteiger charge is -2.21. The molecule has 2 aromatic carbocycles. The van der Waals surface area contributed by atoms with Crippen LogP contribution in [0.1, 0.15) is 23.7 Å². The zero-order chi connectivity index (χ0) is 20.1. The van der Waals surface area contributed by atoms with Gasteiger partial charge in [-0.2, -0.15) is 0 Å². The predicted molar refractivity (Wildman–Crippen MR) is 132 cm³/mol. The van der Waals surface area contributed by atoms with Crippen molar-refractivity contribution in [3.8, 4) is 5.75 Å². The molecule has 3 rings (SSSR count). The maximum atomic E-state index is 13.4. The second-order valence-electron chi connectivity index (χ2n) is 6.63. The predicted octanol–water partition coefficient (Wildman–Crippen LogP) is 5.32. The molecule has 0 fully saturated rings. The van der Waals surface area contributed by atoms with Gasteiger partial charge in [-0.3, -0.25) is 9.69 Å². The molecule has 156 valence electrons. The summed E-state index contributed by atoms with van der Waals surface area (Å²) in [4.78, 5) is 22.1. The fourth-order valence-corrected chi connectivity index (χ4v) is 4.53. The lowest BCUT2D eigenvalue weighted by Crippen LogP contribution is -2.33. The van der Waals surface area contributed by atoms with E-state index in [2.05, 4.69) is 27.5 Å². The largest absolute Gasteiger partial charge is 0.492 e. The SMILES string of the molecule is CCOc1cccc2sc(N(CCCN(C)C)C(=O)c3ccccc3I)nc12.Cl. The Morgan fingerprint density at radius 2 is 1.90 bits per heavy atom. The molecule has 0 saturated carbocycles. The van der Waals surface area contributed by atoms with Crippen molar-refractivity contribution in [2.45, 2.75) is 13.3 Å². The summed E-state index contributed by atoms with van der Waals surface area (Å²) in [6, 6.07) is 13.6. The van der Waals surface area contributed by atoms with Crippen LogP contribution in [0.25, 0.3) is 10.2 Å². The first kappa shape index (κ1) is 23.9. The topological polar surface area (TPSA) is 45.7 Å². The molecule has 0 bridgehead atoms. The van der Waals surface area contributed by atoms with E-state index < -0.39 is 0 Å². The number of carbonyl (C=O) groups excluding carboxylic acids is 1. The van der Waals surface area contributed by atoms with Crippen molar-refractivity contribution in [2.75, 3.05) is 38.7 Å². The third-order valence-electron chi connectivity index (χ3n) is 4.24. The minimum absolute atomic E-state index is 0. The third kappa shape index (κ3) is 5.81. The average molecular weight is 546 g/mol. The number of halogens is 2. The smallest absolute Gasteiger partial charge is 0.261 e. The summed E-state index contributed by atoms with van der Waals surface area (Å²) in [5, 5.41) is 0.713. The van der Waals surface area contributed by atoms with Crippen molar-refractivity contribution in [1.29, 1.82) is 0 Å². The van der Waals surface area contributed by atoms with Gasteiger partial charge in [0.05, 0.1) is 16.9 Å². The quantitative estimate of drug-likeness (QED) is 0.360. The van der Waals surface area contributed by atoms with Crippen LogP contribution in [-0.2, 0) is 0 Å². The van der Waals surface area contributed by atoms with E-state index >= 15 is 0 Å². The maximum absolute atomic E-state index is 13.4. The third-order valence-corrected chi connectivity index (χ3v) is 6.22. The summed E-state index contributed by atoms with van der Waals surface area (Å²) < 4.78 is 7.69. The molecule has 0 spiro atoms. The molecule has 0 unspecified atom stereocenters. The van der Waals surface area contributed by atoms with Crippen LogP contribution in [0.15, 0.2) is 42.5 Å². The van der Waals surface area contributed by atoms with Crippen LogP contribution >= 0.6 is 46.3 Å². The van der Waals surface area contributed by atoms with E-state index in [0.717, 1.165) is 32.5 Å². The van der Waals surface area contributed by atoms with Crippen molar-refractivity contribution in [2.24, 2.45) is 0 Å². The molecular weight excluding hydrogens is 521 g/mol. The number of thiazole rings is 1. The first-order valence-corrected chi connectivity index (χ1v) is 11.1. The number of carbonyl (C=O) groups is 1. The Morgan fingerprint density at radius 3 is 2.59 bits per heavy atom. The summed E-state index contributed by atoms with van der Waals surface area (Å²) >= 11 is 3.75. The number of nitrogens with zero attached hydrogens (tertiary/aromatic N) is 3. The minimum Gasteiger partial charge on any atom is -0.492 e. The molecule has 0 aliphatic carbocycles. The van der Waals surface area contributed by atoms with Crippen LogP contribution in [0.4, 0.5) is 5.13 Å². The van der Waals surface area contributed by atoms with E-state index in [1.807, 2.05) is 63.5 Å². The van der Waals surface area contributed by atoms with Gasteiger partial charge in [0.1, 0.15) is 11.3 Å². The van der Waals surface area contributed by atoms with Crippen molar-refractivity contribution < 1.29 is 9.53 Å². The van der Waals surface area contributed by atoms with Gasteiger partial charge in [0.15, 0.2) is 5.13 Å². The van der Waals surface area contributed by atoms with Crippen molar-refractivity contribution in [3.63, 3.8) is 0 Å². The zero-order valence-electron chi connectivity index (χ0n) is 16.7. The van der Waals surface area contributed by atoms with Gasteiger partial charge in [0.25, 0.3) is 5.91 Å².